The second-order valence-electron chi connectivity index (χ2n) is 4.55. The van der Waals surface area contributed by atoms with Gasteiger partial charge in [0.15, 0.2) is 0 Å². The standard InChI is InChI=1S/C14H16N6O/c1-8-5-19-10(6-18-8)7-20-14(21)9-2-3-12(15)11(4-9)13(16)17/h2-6H,7,15H2,1H3,(H3,16,17)(H,20,21). The Morgan fingerprint density at radius 3 is 2.71 bits per heavy atom. The summed E-state index contributed by atoms with van der Waals surface area (Å²) in [7, 11) is 0. The molecule has 0 saturated carbocycles. The molecule has 1 aromatic carbocycles. The lowest BCUT2D eigenvalue weighted by molar-refractivity contribution is 0.0950. The minimum Gasteiger partial charge on any atom is -0.398 e. The summed E-state index contributed by atoms with van der Waals surface area (Å²) in [5, 5.41) is 10.1. The number of nitrogens with two attached hydrogens (primary N) is 2. The van der Waals surface area contributed by atoms with Gasteiger partial charge in [0.05, 0.1) is 24.1 Å². The molecule has 1 heterocycles. The maximum Gasteiger partial charge on any atom is 0.251 e. The predicted molar refractivity (Wildman–Crippen MR) is 79.8 cm³/mol. The summed E-state index contributed by atoms with van der Waals surface area (Å²) in [6.07, 6.45) is 3.25. The Morgan fingerprint density at radius 2 is 2.10 bits per heavy atom. The van der Waals surface area contributed by atoms with Crippen LogP contribution < -0.4 is 16.8 Å². The summed E-state index contributed by atoms with van der Waals surface area (Å²) in [6.45, 7) is 2.11. The fourth-order valence-electron chi connectivity index (χ4n) is 1.71. The van der Waals surface area contributed by atoms with Gasteiger partial charge >= 0.3 is 0 Å². The number of nitrogen functional groups attached to an aromatic ring is 2. The van der Waals surface area contributed by atoms with Crippen molar-refractivity contribution in [1.29, 1.82) is 5.41 Å². The van der Waals surface area contributed by atoms with Crippen molar-refractivity contribution in [2.45, 2.75) is 13.5 Å². The van der Waals surface area contributed by atoms with Gasteiger partial charge in [-0.05, 0) is 25.1 Å². The molecule has 1 amide bonds. The quantitative estimate of drug-likeness (QED) is 0.370. The first kappa shape index (κ1) is 14.4. The van der Waals surface area contributed by atoms with E-state index in [1.807, 2.05) is 6.92 Å². The van der Waals surface area contributed by atoms with Crippen molar-refractivity contribution in [3.63, 3.8) is 0 Å². The fraction of sp³-hybridized carbons (Fsp3) is 0.143. The average Bonchev–Trinajstić information content (AvgIpc) is 2.46. The van der Waals surface area contributed by atoms with Crippen molar-refractivity contribution in [2.75, 3.05) is 5.73 Å². The normalized spacial score (nSPS) is 10.1. The number of nitrogens with zero attached hydrogens (tertiary/aromatic N) is 2. The van der Waals surface area contributed by atoms with Gasteiger partial charge in [-0.25, -0.2) is 0 Å². The van der Waals surface area contributed by atoms with Crippen LogP contribution in [0.1, 0.15) is 27.3 Å². The summed E-state index contributed by atoms with van der Waals surface area (Å²) in [6, 6.07) is 4.63. The zero-order chi connectivity index (χ0) is 15.4. The van der Waals surface area contributed by atoms with Crippen LogP contribution >= 0.6 is 0 Å². The summed E-state index contributed by atoms with van der Waals surface area (Å²) >= 11 is 0. The number of benzene rings is 1. The summed E-state index contributed by atoms with van der Waals surface area (Å²) in [5.41, 5.74) is 13.7. The van der Waals surface area contributed by atoms with Crippen LogP contribution in [0.15, 0.2) is 30.6 Å². The topological polar surface area (TPSA) is 131 Å². The Morgan fingerprint density at radius 1 is 1.33 bits per heavy atom. The number of aromatic nitrogens is 2. The van der Waals surface area contributed by atoms with Crippen LogP contribution in [-0.4, -0.2) is 21.7 Å². The molecule has 0 fully saturated rings. The minimum absolute atomic E-state index is 0.174. The summed E-state index contributed by atoms with van der Waals surface area (Å²) < 4.78 is 0. The third kappa shape index (κ3) is 3.53. The number of hydrogen-bond donors (Lipinski definition) is 4. The van der Waals surface area contributed by atoms with Crippen molar-refractivity contribution in [2.24, 2.45) is 5.73 Å². The minimum atomic E-state index is -0.292. The first-order valence-corrected chi connectivity index (χ1v) is 6.27. The molecule has 0 atom stereocenters. The van der Waals surface area contributed by atoms with Gasteiger partial charge in [-0.1, -0.05) is 0 Å². The van der Waals surface area contributed by atoms with E-state index >= 15 is 0 Å². The number of amidine groups is 1. The molecule has 108 valence electrons. The molecule has 7 nitrogen and oxygen atoms in total. The molecule has 2 rings (SSSR count). The van der Waals surface area contributed by atoms with Gasteiger partial charge in [-0.2, -0.15) is 0 Å². The molecule has 0 aliphatic rings. The highest BCUT2D eigenvalue weighted by atomic mass is 16.1. The molecule has 1 aromatic heterocycles. The number of carbonyl (C=O) groups excluding carboxylic acids is 1. The molecule has 0 unspecified atom stereocenters. The molecular formula is C14H16N6O. The molecule has 21 heavy (non-hydrogen) atoms. The Bertz CT molecular complexity index is 680. The Hall–Kier alpha value is -2.96. The van der Waals surface area contributed by atoms with Gasteiger partial charge in [0.2, 0.25) is 0 Å². The first-order chi connectivity index (χ1) is 9.97. The first-order valence-electron chi connectivity index (χ1n) is 6.27. The zero-order valence-corrected chi connectivity index (χ0v) is 11.6. The van der Waals surface area contributed by atoms with E-state index in [0.29, 0.717) is 22.5 Å². The van der Waals surface area contributed by atoms with Gasteiger partial charge in [0.25, 0.3) is 5.91 Å². The number of anilines is 1. The van der Waals surface area contributed by atoms with E-state index in [4.69, 9.17) is 16.9 Å². The molecule has 0 bridgehead atoms. The van der Waals surface area contributed by atoms with E-state index in [0.717, 1.165) is 5.69 Å². The number of aryl methyl sites for hydroxylation is 1. The molecule has 2 aromatic rings. The molecule has 6 N–H and O–H groups in total. The lowest BCUT2D eigenvalue weighted by Gasteiger charge is -2.08. The van der Waals surface area contributed by atoms with Crippen molar-refractivity contribution in [1.82, 2.24) is 15.3 Å². The van der Waals surface area contributed by atoms with Crippen molar-refractivity contribution in [3.8, 4) is 0 Å². The fourth-order valence-corrected chi connectivity index (χ4v) is 1.71. The molecule has 0 aliphatic carbocycles. The number of hydrogen-bond acceptors (Lipinski definition) is 5. The molecule has 0 radical (unpaired) electrons. The summed E-state index contributed by atoms with van der Waals surface area (Å²) in [4.78, 5) is 20.3. The molecule has 7 heteroatoms. The highest BCUT2D eigenvalue weighted by molar-refractivity contribution is 6.03. The Balaban J connectivity index is 2.08. The van der Waals surface area contributed by atoms with Crippen LogP contribution in [0.25, 0.3) is 0 Å². The largest absolute Gasteiger partial charge is 0.398 e. The van der Waals surface area contributed by atoms with E-state index in [-0.39, 0.29) is 18.3 Å². The number of carbonyl (C=O) groups is 1. The monoisotopic (exact) mass is 284 g/mol. The van der Waals surface area contributed by atoms with Gasteiger partial charge in [-0.15, -0.1) is 0 Å². The lowest BCUT2D eigenvalue weighted by atomic mass is 10.1. The zero-order valence-electron chi connectivity index (χ0n) is 11.6. The second-order valence-corrected chi connectivity index (χ2v) is 4.55. The van der Waals surface area contributed by atoms with E-state index in [9.17, 15) is 4.79 Å². The van der Waals surface area contributed by atoms with Crippen LogP contribution in [0.4, 0.5) is 5.69 Å². The van der Waals surface area contributed by atoms with Crippen LogP contribution in [0, 0.1) is 12.3 Å². The van der Waals surface area contributed by atoms with E-state index in [2.05, 4.69) is 15.3 Å². The molecular weight excluding hydrogens is 268 g/mol. The van der Waals surface area contributed by atoms with Crippen molar-refractivity contribution >= 4 is 17.4 Å². The highest BCUT2D eigenvalue weighted by Gasteiger charge is 2.10. The van der Waals surface area contributed by atoms with Crippen LogP contribution in [0.2, 0.25) is 0 Å². The van der Waals surface area contributed by atoms with Crippen LogP contribution in [0.5, 0.6) is 0 Å². The predicted octanol–water partition coefficient (Wildman–Crippen LogP) is 0.581. The molecule has 0 saturated heterocycles. The van der Waals surface area contributed by atoms with E-state index in [1.54, 1.807) is 24.5 Å². The third-order valence-electron chi connectivity index (χ3n) is 2.87. The number of amides is 1. The van der Waals surface area contributed by atoms with Gasteiger partial charge in [0.1, 0.15) is 5.84 Å². The second kappa shape index (κ2) is 6.00. The van der Waals surface area contributed by atoms with Crippen molar-refractivity contribution in [3.05, 3.63) is 53.1 Å². The third-order valence-corrected chi connectivity index (χ3v) is 2.87. The van der Waals surface area contributed by atoms with E-state index in [1.165, 1.54) is 6.07 Å². The average molecular weight is 284 g/mol. The molecule has 0 spiro atoms. The maximum absolute atomic E-state index is 12.1. The smallest absolute Gasteiger partial charge is 0.251 e. The lowest BCUT2D eigenvalue weighted by Crippen LogP contribution is -2.24. The Labute approximate surface area is 121 Å². The van der Waals surface area contributed by atoms with Gasteiger partial charge in [-0.3, -0.25) is 20.2 Å². The SMILES string of the molecule is Cc1cnc(CNC(=O)c2ccc(N)c(C(=N)N)c2)cn1. The summed E-state index contributed by atoms with van der Waals surface area (Å²) in [5.74, 6) is -0.466. The maximum atomic E-state index is 12.1. The highest BCUT2D eigenvalue weighted by Crippen LogP contribution is 2.13. The number of nitrogens with one attached hydrogen (secondary N) is 2. The van der Waals surface area contributed by atoms with Gasteiger partial charge in [0, 0.05) is 23.0 Å². The van der Waals surface area contributed by atoms with Gasteiger partial charge < -0.3 is 16.8 Å². The number of rotatable bonds is 4. The van der Waals surface area contributed by atoms with Crippen molar-refractivity contribution < 1.29 is 4.79 Å². The molecule has 0 aliphatic heterocycles. The van der Waals surface area contributed by atoms with Crippen LogP contribution in [-0.2, 0) is 6.54 Å². The van der Waals surface area contributed by atoms with E-state index < -0.39 is 0 Å². The van der Waals surface area contributed by atoms with Crippen LogP contribution in [0.3, 0.4) is 0 Å². The Kier molecular flexibility index (Phi) is 4.13.